The van der Waals surface area contributed by atoms with Crippen molar-refractivity contribution < 1.29 is 5.11 Å². The smallest absolute Gasteiger partial charge is 0.124 e. The molecule has 0 saturated carbocycles. The predicted molar refractivity (Wildman–Crippen MR) is 142 cm³/mol. The van der Waals surface area contributed by atoms with Crippen LogP contribution in [0.3, 0.4) is 0 Å². The lowest BCUT2D eigenvalue weighted by atomic mass is 9.99. The normalized spacial score (nSPS) is 10.8. The second kappa shape index (κ2) is 16.1. The van der Waals surface area contributed by atoms with E-state index in [1.165, 1.54) is 29.7 Å². The molecule has 2 N–H and O–H groups in total. The molecule has 0 spiro atoms. The summed E-state index contributed by atoms with van der Waals surface area (Å²) in [6, 6.07) is 14.3. The van der Waals surface area contributed by atoms with E-state index in [0.29, 0.717) is 5.92 Å². The van der Waals surface area contributed by atoms with Crippen LogP contribution in [0.4, 0.5) is 0 Å². The molecule has 0 aromatic heterocycles. The molecular formula is C28H45N3O. The van der Waals surface area contributed by atoms with Gasteiger partial charge in [0.15, 0.2) is 0 Å². The van der Waals surface area contributed by atoms with Gasteiger partial charge in [0.25, 0.3) is 0 Å². The minimum absolute atomic E-state index is 0.249. The summed E-state index contributed by atoms with van der Waals surface area (Å²) in [5.41, 5.74) is 9.01. The molecule has 0 saturated heterocycles. The Kier molecular flexibility index (Phi) is 14.8. The third-order valence-corrected chi connectivity index (χ3v) is 4.69. The monoisotopic (exact) mass is 439 g/mol. The Morgan fingerprint density at radius 1 is 1.06 bits per heavy atom. The number of rotatable bonds is 7. The summed E-state index contributed by atoms with van der Waals surface area (Å²) < 4.78 is 0. The Morgan fingerprint density at radius 2 is 1.66 bits per heavy atom. The van der Waals surface area contributed by atoms with Gasteiger partial charge in [0, 0.05) is 11.3 Å². The summed E-state index contributed by atoms with van der Waals surface area (Å²) in [6.07, 6.45) is 2.40. The summed E-state index contributed by atoms with van der Waals surface area (Å²) in [6.45, 7) is 19.3. The van der Waals surface area contributed by atoms with Gasteiger partial charge in [-0.1, -0.05) is 70.2 Å². The number of nitrogens with one attached hydrogen (secondary N) is 1. The Hall–Kier alpha value is -2.59. The second-order valence-electron chi connectivity index (χ2n) is 8.66. The van der Waals surface area contributed by atoms with Gasteiger partial charge in [0.05, 0.1) is 5.71 Å². The highest BCUT2D eigenvalue weighted by atomic mass is 16.3. The third kappa shape index (κ3) is 13.0. The molecule has 0 unspecified atom stereocenters. The van der Waals surface area contributed by atoms with Crippen LogP contribution in [0.5, 0.6) is 5.75 Å². The molecular weight excluding hydrogens is 394 g/mol. The quantitative estimate of drug-likeness (QED) is 0.365. The molecule has 0 bridgehead atoms. The maximum atomic E-state index is 9.82. The number of benzene rings is 2. The van der Waals surface area contributed by atoms with E-state index >= 15 is 0 Å². The van der Waals surface area contributed by atoms with Crippen LogP contribution in [0, 0.1) is 6.92 Å². The molecule has 4 heteroatoms. The van der Waals surface area contributed by atoms with Crippen molar-refractivity contribution in [3.63, 3.8) is 0 Å². The average molecular weight is 440 g/mol. The van der Waals surface area contributed by atoms with Crippen molar-refractivity contribution in [3.05, 3.63) is 77.0 Å². The van der Waals surface area contributed by atoms with Crippen molar-refractivity contribution in [2.45, 2.75) is 67.2 Å². The standard InChI is InChI=1S/C14H20N2O.C9H12.C5H13N/c1-9(2)12-6-7-14(17)13(8-12)11(5)16-15-10(3)4;1-3-9-6-4-8(2)5-7-9;1-4-5-6(2)3/h6-9,15,17H,3H2,1-2,4-5H3;4-7H,3H2,1-2H3;4-5H2,1-3H3/b16-11+;;. The van der Waals surface area contributed by atoms with E-state index in [2.05, 4.69) is 95.0 Å². The fraction of sp³-hybridized carbons (Fsp3) is 0.464. The number of hydrogen-bond acceptors (Lipinski definition) is 4. The van der Waals surface area contributed by atoms with Crippen LogP contribution in [0.15, 0.2) is 59.8 Å². The molecule has 2 aromatic carbocycles. The van der Waals surface area contributed by atoms with Crippen molar-refractivity contribution in [3.8, 4) is 5.75 Å². The topological polar surface area (TPSA) is 47.9 Å². The Bertz CT molecular complexity index is 821. The van der Waals surface area contributed by atoms with Gasteiger partial charge in [0.1, 0.15) is 5.75 Å². The highest BCUT2D eigenvalue weighted by molar-refractivity contribution is 6.01. The number of aryl methyl sites for hydroxylation is 2. The van der Waals surface area contributed by atoms with Gasteiger partial charge in [-0.3, -0.25) is 5.43 Å². The lowest BCUT2D eigenvalue weighted by Crippen LogP contribution is -2.11. The lowest BCUT2D eigenvalue weighted by molar-refractivity contribution is 0.408. The fourth-order valence-corrected chi connectivity index (χ4v) is 2.71. The molecule has 0 atom stereocenters. The van der Waals surface area contributed by atoms with Crippen molar-refractivity contribution in [2.75, 3.05) is 20.6 Å². The van der Waals surface area contributed by atoms with E-state index in [1.54, 1.807) is 6.07 Å². The van der Waals surface area contributed by atoms with Gasteiger partial charge in [-0.2, -0.15) is 5.10 Å². The van der Waals surface area contributed by atoms with Crippen LogP contribution < -0.4 is 5.43 Å². The minimum atomic E-state index is 0.249. The first-order chi connectivity index (χ1) is 15.0. The third-order valence-electron chi connectivity index (χ3n) is 4.69. The SMILES string of the molecule is C=C(C)N/N=C(\C)c1cc(C(C)C)ccc1O.CCCN(C)C.CCc1ccc(C)cc1. The molecule has 0 heterocycles. The molecule has 0 amide bonds. The van der Waals surface area contributed by atoms with E-state index in [-0.39, 0.29) is 5.75 Å². The van der Waals surface area contributed by atoms with Crippen LogP contribution >= 0.6 is 0 Å². The number of hydrogen-bond donors (Lipinski definition) is 2. The second-order valence-corrected chi connectivity index (χ2v) is 8.66. The maximum absolute atomic E-state index is 9.82. The molecule has 0 radical (unpaired) electrons. The van der Waals surface area contributed by atoms with Crippen LogP contribution in [0.25, 0.3) is 0 Å². The van der Waals surface area contributed by atoms with Crippen LogP contribution in [-0.4, -0.2) is 36.4 Å². The van der Waals surface area contributed by atoms with Crippen molar-refractivity contribution in [1.82, 2.24) is 10.3 Å². The zero-order valence-corrected chi connectivity index (χ0v) is 21.8. The van der Waals surface area contributed by atoms with E-state index in [0.717, 1.165) is 23.4 Å². The first-order valence-electron chi connectivity index (χ1n) is 11.5. The molecule has 0 aliphatic rings. The molecule has 0 aliphatic carbocycles. The zero-order chi connectivity index (χ0) is 24.7. The van der Waals surface area contributed by atoms with Gasteiger partial charge in [0.2, 0.25) is 0 Å². The number of phenolic OH excluding ortho intramolecular Hbond substituents is 1. The van der Waals surface area contributed by atoms with Crippen molar-refractivity contribution in [1.29, 1.82) is 0 Å². The summed E-state index contributed by atoms with van der Waals surface area (Å²) in [7, 11) is 4.17. The molecule has 2 rings (SSSR count). The summed E-state index contributed by atoms with van der Waals surface area (Å²) in [4.78, 5) is 2.18. The molecule has 0 fully saturated rings. The first-order valence-corrected chi connectivity index (χ1v) is 11.5. The Balaban J connectivity index is 0.000000532. The lowest BCUT2D eigenvalue weighted by Gasteiger charge is -2.10. The van der Waals surface area contributed by atoms with Gasteiger partial charge in [-0.15, -0.1) is 0 Å². The number of phenols is 1. The highest BCUT2D eigenvalue weighted by Crippen LogP contribution is 2.23. The van der Waals surface area contributed by atoms with Gasteiger partial charge < -0.3 is 10.0 Å². The number of nitrogens with zero attached hydrogens (tertiary/aromatic N) is 2. The molecule has 32 heavy (non-hydrogen) atoms. The van der Waals surface area contributed by atoms with Crippen molar-refractivity contribution in [2.24, 2.45) is 5.10 Å². The highest BCUT2D eigenvalue weighted by Gasteiger charge is 2.08. The Morgan fingerprint density at radius 3 is 2.06 bits per heavy atom. The summed E-state index contributed by atoms with van der Waals surface area (Å²) >= 11 is 0. The van der Waals surface area contributed by atoms with Gasteiger partial charge >= 0.3 is 0 Å². The molecule has 2 aromatic rings. The zero-order valence-electron chi connectivity index (χ0n) is 21.8. The van der Waals surface area contributed by atoms with E-state index < -0.39 is 0 Å². The van der Waals surface area contributed by atoms with E-state index in [1.807, 2.05) is 26.0 Å². The first kappa shape index (κ1) is 29.4. The minimum Gasteiger partial charge on any atom is -0.507 e. The fourth-order valence-electron chi connectivity index (χ4n) is 2.71. The summed E-state index contributed by atoms with van der Waals surface area (Å²) in [5.74, 6) is 0.676. The predicted octanol–water partition coefficient (Wildman–Crippen LogP) is 6.88. The van der Waals surface area contributed by atoms with Gasteiger partial charge in [-0.25, -0.2) is 0 Å². The van der Waals surface area contributed by atoms with Gasteiger partial charge in [-0.05, 0) is 83.4 Å². The average Bonchev–Trinajstić information content (AvgIpc) is 2.73. The number of aromatic hydroxyl groups is 1. The van der Waals surface area contributed by atoms with E-state index in [4.69, 9.17) is 0 Å². The number of allylic oxidation sites excluding steroid dienone is 1. The molecule has 0 aliphatic heterocycles. The van der Waals surface area contributed by atoms with Crippen LogP contribution in [0.1, 0.15) is 76.1 Å². The van der Waals surface area contributed by atoms with Crippen LogP contribution in [0.2, 0.25) is 0 Å². The molecule has 4 nitrogen and oxygen atoms in total. The largest absolute Gasteiger partial charge is 0.507 e. The van der Waals surface area contributed by atoms with Crippen LogP contribution in [-0.2, 0) is 6.42 Å². The summed E-state index contributed by atoms with van der Waals surface area (Å²) in [5, 5.41) is 14.0. The Labute approximate surface area is 197 Å². The van der Waals surface area contributed by atoms with E-state index in [9.17, 15) is 5.11 Å². The van der Waals surface area contributed by atoms with Crippen molar-refractivity contribution >= 4 is 5.71 Å². The molecule has 178 valence electrons. The maximum Gasteiger partial charge on any atom is 0.124 e. The number of hydrazone groups is 1.